The zero-order valence-corrected chi connectivity index (χ0v) is 15.7. The molecule has 24 heavy (non-hydrogen) atoms. The van der Waals surface area contributed by atoms with Crippen molar-refractivity contribution in [1.29, 1.82) is 0 Å². The average molecular weight is 346 g/mol. The Balaban J connectivity index is 2.18. The van der Waals surface area contributed by atoms with Crippen molar-refractivity contribution in [3.8, 4) is 17.2 Å². The summed E-state index contributed by atoms with van der Waals surface area (Å²) in [5, 5.41) is 0.939. The molecule has 0 N–H and O–H groups in total. The lowest BCUT2D eigenvalue weighted by molar-refractivity contribution is 0.108. The van der Waals surface area contributed by atoms with Gasteiger partial charge in [-0.1, -0.05) is 18.2 Å². The Labute approximate surface area is 144 Å². The lowest BCUT2D eigenvalue weighted by atomic mass is 10.2. The van der Waals surface area contributed by atoms with Crippen LogP contribution in [-0.2, 0) is 0 Å². The largest absolute Gasteiger partial charge is 0.496 e. The summed E-state index contributed by atoms with van der Waals surface area (Å²) in [6.07, 6.45) is 0. The number of carbonyl (C=O) groups is 1. The van der Waals surface area contributed by atoms with Gasteiger partial charge in [-0.3, -0.25) is 4.79 Å². The van der Waals surface area contributed by atoms with Crippen molar-refractivity contribution in [2.24, 2.45) is 0 Å². The van der Waals surface area contributed by atoms with E-state index >= 15 is 0 Å². The van der Waals surface area contributed by atoms with E-state index in [0.29, 0.717) is 17.1 Å². The van der Waals surface area contributed by atoms with Crippen molar-refractivity contribution in [1.82, 2.24) is 0 Å². The first-order valence-electron chi connectivity index (χ1n) is 7.65. The summed E-state index contributed by atoms with van der Waals surface area (Å²) in [4.78, 5) is 12.7. The van der Waals surface area contributed by atoms with E-state index in [2.05, 4.69) is 0 Å². The number of hydrogen-bond acceptors (Lipinski definition) is 4. The van der Waals surface area contributed by atoms with E-state index in [-0.39, 0.29) is 19.7 Å². The molecule has 0 saturated carbocycles. The second-order valence-electron chi connectivity index (χ2n) is 6.23. The highest BCUT2D eigenvalue weighted by Gasteiger charge is 2.18. The van der Waals surface area contributed by atoms with Gasteiger partial charge >= 0.3 is 0 Å². The first-order chi connectivity index (χ1) is 11.3. The molecule has 2 aromatic carbocycles. The normalized spacial score (nSPS) is 11.5. The molecular weight excluding hydrogens is 323 g/mol. The number of carbonyl (C=O) groups excluding carboxylic acids is 1. The number of methoxy groups -OCH3 is 2. The molecule has 128 valence electrons. The molecule has 1 atom stereocenters. The average Bonchev–Trinajstić information content (AvgIpc) is 2.54. The Bertz CT molecular complexity index is 680. The predicted octanol–water partition coefficient (Wildman–Crippen LogP) is 4.03. The van der Waals surface area contributed by atoms with Crippen LogP contribution < -0.4 is 19.5 Å². The number of hydrogen-bond donors (Lipinski definition) is 0. The summed E-state index contributed by atoms with van der Waals surface area (Å²) in [6.45, 7) is 6.00. The zero-order chi connectivity index (χ0) is 17.7. The van der Waals surface area contributed by atoms with Gasteiger partial charge in [0.2, 0.25) is 0 Å². The lowest BCUT2D eigenvalue weighted by Gasteiger charge is -2.21. The van der Waals surface area contributed by atoms with Crippen molar-refractivity contribution >= 4 is 19.4 Å². The highest BCUT2D eigenvalue weighted by molar-refractivity contribution is 7.66. The van der Waals surface area contributed by atoms with E-state index in [1.165, 1.54) is 0 Å². The van der Waals surface area contributed by atoms with Crippen LogP contribution in [0.2, 0.25) is 0 Å². The first-order valence-corrected chi connectivity index (χ1v) is 8.65. The monoisotopic (exact) mass is 346 g/mol. The minimum absolute atomic E-state index is 0.0155. The van der Waals surface area contributed by atoms with Crippen molar-refractivity contribution in [3.05, 3.63) is 48.0 Å². The molecule has 0 aliphatic rings. The molecule has 0 aliphatic carbocycles. The van der Waals surface area contributed by atoms with Crippen LogP contribution in [-0.4, -0.2) is 25.3 Å². The fourth-order valence-corrected chi connectivity index (χ4v) is 3.20. The molecule has 0 heterocycles. The van der Waals surface area contributed by atoms with Gasteiger partial charge in [-0.15, -0.1) is 0 Å². The van der Waals surface area contributed by atoms with Gasteiger partial charge < -0.3 is 14.2 Å². The quantitative estimate of drug-likeness (QED) is 0.741. The van der Waals surface area contributed by atoms with Crippen LogP contribution in [0.3, 0.4) is 0 Å². The Morgan fingerprint density at radius 3 is 1.92 bits per heavy atom. The van der Waals surface area contributed by atoms with Gasteiger partial charge in [0.25, 0.3) is 0 Å². The summed E-state index contributed by atoms with van der Waals surface area (Å²) < 4.78 is 16.4. The third-order valence-corrected chi connectivity index (χ3v) is 4.29. The van der Waals surface area contributed by atoms with Gasteiger partial charge in [-0.2, -0.15) is 0 Å². The van der Waals surface area contributed by atoms with Gasteiger partial charge in [0.15, 0.2) is 5.52 Å². The van der Waals surface area contributed by atoms with E-state index in [0.717, 1.165) is 11.1 Å². The molecule has 0 aromatic heterocycles. The topological polar surface area (TPSA) is 44.8 Å². The van der Waals surface area contributed by atoms with Crippen molar-refractivity contribution in [2.75, 3.05) is 14.2 Å². The predicted molar refractivity (Wildman–Crippen MR) is 98.6 cm³/mol. The fraction of sp³-hybridized carbons (Fsp3) is 0.316. The molecule has 2 rings (SSSR count). The molecule has 4 nitrogen and oxygen atoms in total. The standard InChI is InChI=1S/C19H23O4P/c1-19(2,3)23-13-9-11-14(12-10-13)24-18(20)17-15(21-4)7-6-8-16(17)22-5/h6-12,24H,1-5H3. The van der Waals surface area contributed by atoms with Crippen LogP contribution >= 0.6 is 8.58 Å². The second kappa shape index (κ2) is 7.67. The molecule has 1 unspecified atom stereocenters. The van der Waals surface area contributed by atoms with Gasteiger partial charge in [0.1, 0.15) is 28.4 Å². The van der Waals surface area contributed by atoms with Gasteiger partial charge in [0, 0.05) is 0 Å². The molecule has 2 aromatic rings. The summed E-state index contributed by atoms with van der Waals surface area (Å²) in [6, 6.07) is 12.9. The van der Waals surface area contributed by atoms with Gasteiger partial charge in [-0.05, 0) is 58.9 Å². The van der Waals surface area contributed by atoms with Crippen LogP contribution in [0, 0.1) is 0 Å². The minimum atomic E-state index is -0.246. The van der Waals surface area contributed by atoms with Crippen molar-refractivity contribution in [2.45, 2.75) is 26.4 Å². The fourth-order valence-electron chi connectivity index (χ4n) is 2.23. The molecule has 0 radical (unpaired) electrons. The smallest absolute Gasteiger partial charge is 0.193 e. The summed E-state index contributed by atoms with van der Waals surface area (Å²) in [5.74, 6) is 1.84. The van der Waals surface area contributed by atoms with Crippen LogP contribution in [0.1, 0.15) is 31.1 Å². The summed E-state index contributed by atoms with van der Waals surface area (Å²) >= 11 is 0. The Morgan fingerprint density at radius 1 is 0.917 bits per heavy atom. The Morgan fingerprint density at radius 2 is 1.46 bits per heavy atom. The summed E-state index contributed by atoms with van der Waals surface area (Å²) in [7, 11) is 3.08. The van der Waals surface area contributed by atoms with E-state index < -0.39 is 0 Å². The molecule has 0 aliphatic heterocycles. The maximum Gasteiger partial charge on any atom is 0.193 e. The van der Waals surface area contributed by atoms with Crippen LogP contribution in [0.25, 0.3) is 0 Å². The van der Waals surface area contributed by atoms with E-state index in [1.807, 2.05) is 45.0 Å². The third kappa shape index (κ3) is 4.72. The Kier molecular flexibility index (Phi) is 5.84. The van der Waals surface area contributed by atoms with Crippen LogP contribution in [0.5, 0.6) is 17.2 Å². The molecule has 5 heteroatoms. The van der Waals surface area contributed by atoms with Crippen LogP contribution in [0.4, 0.5) is 0 Å². The van der Waals surface area contributed by atoms with Crippen molar-refractivity contribution in [3.63, 3.8) is 0 Å². The Hall–Kier alpha value is -2.06. The SMILES string of the molecule is COc1cccc(OC)c1C(=O)Pc1ccc(OC(C)(C)C)cc1. The molecule has 0 fully saturated rings. The highest BCUT2D eigenvalue weighted by Crippen LogP contribution is 2.34. The summed E-state index contributed by atoms with van der Waals surface area (Å²) in [5.41, 5.74) is 0.217. The van der Waals surface area contributed by atoms with Gasteiger partial charge in [-0.25, -0.2) is 0 Å². The number of benzene rings is 2. The number of rotatable bonds is 6. The molecule has 0 spiro atoms. The van der Waals surface area contributed by atoms with Crippen molar-refractivity contribution < 1.29 is 19.0 Å². The number of ether oxygens (including phenoxy) is 3. The zero-order valence-electron chi connectivity index (χ0n) is 14.7. The van der Waals surface area contributed by atoms with E-state index in [1.54, 1.807) is 32.4 Å². The molecule has 0 amide bonds. The maximum absolute atomic E-state index is 12.7. The highest BCUT2D eigenvalue weighted by atomic mass is 31.1. The maximum atomic E-state index is 12.7. The van der Waals surface area contributed by atoms with E-state index in [4.69, 9.17) is 14.2 Å². The first kappa shape index (κ1) is 18.3. The van der Waals surface area contributed by atoms with Crippen LogP contribution in [0.15, 0.2) is 42.5 Å². The minimum Gasteiger partial charge on any atom is -0.496 e. The lowest BCUT2D eigenvalue weighted by Crippen LogP contribution is -2.23. The molecule has 0 saturated heterocycles. The molecular formula is C19H23O4P. The molecule has 0 bridgehead atoms. The van der Waals surface area contributed by atoms with Gasteiger partial charge in [0.05, 0.1) is 14.2 Å². The third-order valence-electron chi connectivity index (χ3n) is 3.19. The second-order valence-corrected chi connectivity index (χ2v) is 7.51. The van der Waals surface area contributed by atoms with E-state index in [9.17, 15) is 4.79 Å².